The van der Waals surface area contributed by atoms with Crippen LogP contribution in [0.5, 0.6) is 0 Å². The molecule has 0 bridgehead atoms. The zero-order valence-electron chi connectivity index (χ0n) is 11.2. The SMILES string of the molecule is C=C/C=C(C)\C=C(/C)S(=O)(=O)/C(C=C)=C/C=C\C. The van der Waals surface area contributed by atoms with Gasteiger partial charge < -0.3 is 0 Å². The van der Waals surface area contributed by atoms with Crippen molar-refractivity contribution in [1.82, 2.24) is 0 Å². The molecule has 0 spiro atoms. The van der Waals surface area contributed by atoms with Crippen molar-refractivity contribution < 1.29 is 8.42 Å². The van der Waals surface area contributed by atoms with Crippen LogP contribution >= 0.6 is 0 Å². The molecular formula is C15H20O2S. The highest BCUT2D eigenvalue weighted by Crippen LogP contribution is 2.19. The van der Waals surface area contributed by atoms with Gasteiger partial charge in [0, 0.05) is 4.91 Å². The van der Waals surface area contributed by atoms with E-state index in [1.54, 1.807) is 37.3 Å². The summed E-state index contributed by atoms with van der Waals surface area (Å²) < 4.78 is 24.4. The minimum Gasteiger partial charge on any atom is -0.219 e. The Balaban J connectivity index is 5.58. The van der Waals surface area contributed by atoms with Crippen LogP contribution in [0.25, 0.3) is 0 Å². The molecule has 0 aromatic heterocycles. The van der Waals surface area contributed by atoms with E-state index < -0.39 is 9.84 Å². The lowest BCUT2D eigenvalue weighted by atomic mass is 10.2. The van der Waals surface area contributed by atoms with E-state index in [-0.39, 0.29) is 9.81 Å². The van der Waals surface area contributed by atoms with Crippen LogP contribution in [0.3, 0.4) is 0 Å². The molecule has 0 aromatic carbocycles. The summed E-state index contributed by atoms with van der Waals surface area (Å²) in [7, 11) is -3.46. The van der Waals surface area contributed by atoms with Gasteiger partial charge in [0.05, 0.1) is 4.91 Å². The van der Waals surface area contributed by atoms with Crippen molar-refractivity contribution in [2.75, 3.05) is 0 Å². The first-order valence-electron chi connectivity index (χ1n) is 5.58. The fraction of sp³-hybridized carbons (Fsp3) is 0.200. The van der Waals surface area contributed by atoms with Crippen LogP contribution in [0, 0.1) is 0 Å². The maximum absolute atomic E-state index is 12.2. The molecule has 2 nitrogen and oxygen atoms in total. The van der Waals surface area contributed by atoms with Gasteiger partial charge >= 0.3 is 0 Å². The van der Waals surface area contributed by atoms with Crippen LogP contribution in [-0.4, -0.2) is 8.42 Å². The van der Waals surface area contributed by atoms with Gasteiger partial charge in [-0.25, -0.2) is 8.42 Å². The van der Waals surface area contributed by atoms with Gasteiger partial charge in [-0.2, -0.15) is 0 Å². The Bertz CT molecular complexity index is 527. The molecule has 0 saturated carbocycles. The third-order valence-electron chi connectivity index (χ3n) is 2.20. The van der Waals surface area contributed by atoms with E-state index in [4.69, 9.17) is 0 Å². The Morgan fingerprint density at radius 3 is 2.17 bits per heavy atom. The molecule has 0 N–H and O–H groups in total. The van der Waals surface area contributed by atoms with Gasteiger partial charge in [-0.1, -0.05) is 49.1 Å². The molecule has 0 saturated heterocycles. The zero-order chi connectivity index (χ0) is 14.2. The van der Waals surface area contributed by atoms with Crippen LogP contribution < -0.4 is 0 Å². The summed E-state index contributed by atoms with van der Waals surface area (Å²) >= 11 is 0. The van der Waals surface area contributed by atoms with Crippen molar-refractivity contribution in [3.8, 4) is 0 Å². The summed E-state index contributed by atoms with van der Waals surface area (Å²) in [5, 5.41) is 0. The summed E-state index contributed by atoms with van der Waals surface area (Å²) in [4.78, 5) is 0.481. The van der Waals surface area contributed by atoms with Crippen LogP contribution in [0.2, 0.25) is 0 Å². The highest BCUT2D eigenvalue weighted by atomic mass is 32.2. The van der Waals surface area contributed by atoms with Gasteiger partial charge in [-0.3, -0.25) is 0 Å². The first kappa shape index (κ1) is 16.4. The standard InChI is InChI=1S/C15H20O2S/c1-6-9-11-15(8-3)18(16,17)14(5)12-13(4)10-7-2/h6-12H,2-3H2,1,4-5H3/b9-6-,13-10-,14-12+,15-11+. The molecule has 0 rings (SSSR count). The average Bonchev–Trinajstić information content (AvgIpc) is 2.29. The van der Waals surface area contributed by atoms with Crippen molar-refractivity contribution in [1.29, 1.82) is 0 Å². The van der Waals surface area contributed by atoms with Crippen molar-refractivity contribution in [3.63, 3.8) is 0 Å². The Morgan fingerprint density at radius 2 is 1.72 bits per heavy atom. The van der Waals surface area contributed by atoms with Crippen molar-refractivity contribution >= 4 is 9.84 Å². The molecule has 18 heavy (non-hydrogen) atoms. The number of rotatable bonds is 6. The third-order valence-corrected chi connectivity index (χ3v) is 4.09. The Kier molecular flexibility index (Phi) is 6.98. The van der Waals surface area contributed by atoms with E-state index >= 15 is 0 Å². The summed E-state index contributed by atoms with van der Waals surface area (Å²) in [6.07, 6.45) is 11.3. The number of sulfone groups is 1. The Labute approximate surface area is 110 Å². The van der Waals surface area contributed by atoms with Gasteiger partial charge in [0.1, 0.15) is 0 Å². The molecule has 0 atom stereocenters. The van der Waals surface area contributed by atoms with Gasteiger partial charge in [-0.15, -0.1) is 0 Å². The van der Waals surface area contributed by atoms with Crippen LogP contribution in [0.1, 0.15) is 20.8 Å². The van der Waals surface area contributed by atoms with E-state index in [2.05, 4.69) is 13.2 Å². The molecule has 98 valence electrons. The summed E-state index contributed by atoms with van der Waals surface area (Å²) in [6.45, 7) is 12.3. The summed E-state index contributed by atoms with van der Waals surface area (Å²) in [5.41, 5.74) is 0.834. The molecule has 0 amide bonds. The first-order valence-corrected chi connectivity index (χ1v) is 7.06. The number of hydrogen-bond donors (Lipinski definition) is 0. The molecule has 0 aliphatic rings. The molecule has 3 heteroatoms. The molecule has 0 unspecified atom stereocenters. The van der Waals surface area contributed by atoms with Gasteiger partial charge in [0.2, 0.25) is 9.84 Å². The Morgan fingerprint density at radius 1 is 1.11 bits per heavy atom. The third kappa shape index (κ3) is 4.72. The van der Waals surface area contributed by atoms with E-state index in [1.807, 2.05) is 13.8 Å². The zero-order valence-corrected chi connectivity index (χ0v) is 12.0. The lowest BCUT2D eigenvalue weighted by molar-refractivity contribution is 0.608. The van der Waals surface area contributed by atoms with E-state index in [0.717, 1.165) is 5.57 Å². The van der Waals surface area contributed by atoms with Crippen molar-refractivity contribution in [3.05, 3.63) is 71.1 Å². The van der Waals surface area contributed by atoms with Gasteiger partial charge in [0.25, 0.3) is 0 Å². The average molecular weight is 264 g/mol. The molecule has 0 heterocycles. The van der Waals surface area contributed by atoms with Gasteiger partial charge in [-0.05, 0) is 32.9 Å². The molecular weight excluding hydrogens is 244 g/mol. The van der Waals surface area contributed by atoms with E-state index in [0.29, 0.717) is 0 Å². The van der Waals surface area contributed by atoms with E-state index in [1.165, 1.54) is 12.2 Å². The maximum Gasteiger partial charge on any atom is 0.202 e. The lowest BCUT2D eigenvalue weighted by Crippen LogP contribution is -2.03. The molecule has 0 fully saturated rings. The minimum absolute atomic E-state index is 0.195. The fourth-order valence-corrected chi connectivity index (χ4v) is 2.47. The smallest absolute Gasteiger partial charge is 0.202 e. The van der Waals surface area contributed by atoms with Gasteiger partial charge in [0.15, 0.2) is 0 Å². The fourth-order valence-electron chi connectivity index (χ4n) is 1.28. The molecule has 0 aliphatic heterocycles. The highest BCUT2D eigenvalue weighted by molar-refractivity contribution is 7.99. The molecule has 0 aliphatic carbocycles. The molecule has 0 aromatic rings. The number of hydrogen-bond acceptors (Lipinski definition) is 2. The second-order valence-corrected chi connectivity index (χ2v) is 5.83. The first-order chi connectivity index (χ1) is 8.39. The Hall–Kier alpha value is -1.61. The lowest BCUT2D eigenvalue weighted by Gasteiger charge is -2.05. The quantitative estimate of drug-likeness (QED) is 0.677. The van der Waals surface area contributed by atoms with Crippen LogP contribution in [0.15, 0.2) is 71.1 Å². The second kappa shape index (κ2) is 7.67. The normalized spacial score (nSPS) is 14.9. The summed E-state index contributed by atoms with van der Waals surface area (Å²) in [5.74, 6) is 0. The topological polar surface area (TPSA) is 34.1 Å². The largest absolute Gasteiger partial charge is 0.219 e. The van der Waals surface area contributed by atoms with Crippen molar-refractivity contribution in [2.45, 2.75) is 20.8 Å². The maximum atomic E-state index is 12.2. The minimum atomic E-state index is -3.46. The van der Waals surface area contributed by atoms with Crippen LogP contribution in [0.4, 0.5) is 0 Å². The second-order valence-electron chi connectivity index (χ2n) is 3.70. The predicted molar refractivity (Wildman–Crippen MR) is 79.7 cm³/mol. The van der Waals surface area contributed by atoms with Crippen LogP contribution in [-0.2, 0) is 9.84 Å². The molecule has 0 radical (unpaired) electrons. The highest BCUT2D eigenvalue weighted by Gasteiger charge is 2.16. The predicted octanol–water partition coefficient (Wildman–Crippen LogP) is 4.08. The van der Waals surface area contributed by atoms with E-state index in [9.17, 15) is 8.42 Å². The van der Waals surface area contributed by atoms with Crippen molar-refractivity contribution in [2.24, 2.45) is 0 Å². The number of allylic oxidation sites excluding steroid dienone is 9. The summed E-state index contributed by atoms with van der Waals surface area (Å²) in [6, 6.07) is 0. The monoisotopic (exact) mass is 264 g/mol.